The van der Waals surface area contributed by atoms with E-state index in [4.69, 9.17) is 5.14 Å². The number of primary sulfonamides is 1. The molecule has 0 aliphatic rings. The summed E-state index contributed by atoms with van der Waals surface area (Å²) >= 11 is 0. The maximum Gasteiger partial charge on any atom is 0.242 e. The summed E-state index contributed by atoms with van der Waals surface area (Å²) in [6, 6.07) is 6.44. The minimum Gasteiger partial charge on any atom is -0.384 e. The lowest BCUT2D eigenvalue weighted by atomic mass is 10.3. The van der Waals surface area contributed by atoms with Gasteiger partial charge < -0.3 is 5.32 Å². The van der Waals surface area contributed by atoms with Gasteiger partial charge in [0.25, 0.3) is 0 Å². The van der Waals surface area contributed by atoms with E-state index in [0.29, 0.717) is 12.2 Å². The molecule has 20 heavy (non-hydrogen) atoms. The van der Waals surface area contributed by atoms with Crippen molar-refractivity contribution in [3.63, 3.8) is 0 Å². The molecule has 0 aliphatic heterocycles. The van der Waals surface area contributed by atoms with E-state index in [2.05, 4.69) is 10.0 Å². The zero-order chi connectivity index (χ0) is 15.2. The van der Waals surface area contributed by atoms with Crippen LogP contribution in [0.2, 0.25) is 0 Å². The van der Waals surface area contributed by atoms with Gasteiger partial charge in [0.05, 0.1) is 11.4 Å². The second-order valence-corrected chi connectivity index (χ2v) is 7.66. The van der Waals surface area contributed by atoms with Gasteiger partial charge >= 0.3 is 0 Å². The zero-order valence-electron chi connectivity index (χ0n) is 11.2. The Kier molecular flexibility index (Phi) is 5.93. The number of hydrogen-bond acceptors (Lipinski definition) is 5. The number of nitrogens with one attached hydrogen (secondary N) is 2. The van der Waals surface area contributed by atoms with Crippen LogP contribution in [-0.2, 0) is 20.0 Å². The van der Waals surface area contributed by atoms with Crippen LogP contribution in [0.15, 0.2) is 29.2 Å². The monoisotopic (exact) mass is 321 g/mol. The second kappa shape index (κ2) is 7.02. The highest BCUT2D eigenvalue weighted by Crippen LogP contribution is 2.20. The Hall–Kier alpha value is -1.16. The summed E-state index contributed by atoms with van der Waals surface area (Å²) in [6.07, 6.45) is 0.854. The Bertz CT molecular complexity index is 641. The lowest BCUT2D eigenvalue weighted by Crippen LogP contribution is -2.31. The van der Waals surface area contributed by atoms with Crippen molar-refractivity contribution >= 4 is 25.7 Å². The van der Waals surface area contributed by atoms with Crippen molar-refractivity contribution in [3.8, 4) is 0 Å². The average molecular weight is 321 g/mol. The molecule has 9 heteroatoms. The van der Waals surface area contributed by atoms with Gasteiger partial charge in [0.1, 0.15) is 4.90 Å². The third-order valence-electron chi connectivity index (χ3n) is 2.42. The molecule has 114 valence electrons. The number of hydrogen-bond donors (Lipinski definition) is 3. The molecule has 0 spiro atoms. The number of rotatable bonds is 8. The van der Waals surface area contributed by atoms with E-state index in [1.54, 1.807) is 18.2 Å². The summed E-state index contributed by atoms with van der Waals surface area (Å²) in [6.45, 7) is 2.35. The smallest absolute Gasteiger partial charge is 0.242 e. The lowest BCUT2D eigenvalue weighted by molar-refractivity contribution is 0.581. The maximum atomic E-state index is 12.1. The van der Waals surface area contributed by atoms with Gasteiger partial charge in [0.15, 0.2) is 0 Å². The van der Waals surface area contributed by atoms with Crippen LogP contribution in [-0.4, -0.2) is 35.7 Å². The van der Waals surface area contributed by atoms with Crippen LogP contribution in [0.4, 0.5) is 5.69 Å². The van der Waals surface area contributed by atoms with Gasteiger partial charge in [-0.3, -0.25) is 0 Å². The highest BCUT2D eigenvalue weighted by Gasteiger charge is 2.18. The summed E-state index contributed by atoms with van der Waals surface area (Å²) < 4.78 is 48.0. The van der Waals surface area contributed by atoms with Crippen molar-refractivity contribution in [1.82, 2.24) is 4.72 Å². The van der Waals surface area contributed by atoms with Gasteiger partial charge in [-0.2, -0.15) is 0 Å². The number of para-hydroxylation sites is 1. The van der Waals surface area contributed by atoms with Crippen LogP contribution in [0.1, 0.15) is 13.3 Å². The van der Waals surface area contributed by atoms with Gasteiger partial charge in [-0.05, 0) is 18.6 Å². The summed E-state index contributed by atoms with van der Waals surface area (Å²) in [5.41, 5.74) is 0.484. The van der Waals surface area contributed by atoms with Crippen LogP contribution in [0, 0.1) is 0 Å². The largest absolute Gasteiger partial charge is 0.384 e. The second-order valence-electron chi connectivity index (χ2n) is 4.19. The van der Waals surface area contributed by atoms with Crippen LogP contribution >= 0.6 is 0 Å². The number of anilines is 1. The predicted molar refractivity (Wildman–Crippen MR) is 78.4 cm³/mol. The Labute approximate surface area is 119 Å². The van der Waals surface area contributed by atoms with Gasteiger partial charge in [0, 0.05) is 13.1 Å². The first kappa shape index (κ1) is 16.9. The number of sulfonamides is 2. The molecular formula is C11H19N3O4S2. The van der Waals surface area contributed by atoms with Gasteiger partial charge in [0.2, 0.25) is 20.0 Å². The summed E-state index contributed by atoms with van der Waals surface area (Å²) in [5.74, 6) is -0.448. The fourth-order valence-electron chi connectivity index (χ4n) is 1.50. The Morgan fingerprint density at radius 2 is 1.75 bits per heavy atom. The van der Waals surface area contributed by atoms with Gasteiger partial charge in [-0.25, -0.2) is 26.7 Å². The van der Waals surface area contributed by atoms with Crippen LogP contribution in [0.3, 0.4) is 0 Å². The quantitative estimate of drug-likeness (QED) is 0.626. The molecule has 4 N–H and O–H groups in total. The molecule has 1 rings (SSSR count). The van der Waals surface area contributed by atoms with Crippen LogP contribution in [0.25, 0.3) is 0 Å². The highest BCUT2D eigenvalue weighted by molar-refractivity contribution is 7.90. The average Bonchev–Trinajstić information content (AvgIpc) is 2.34. The molecule has 0 saturated carbocycles. The molecule has 0 amide bonds. The van der Waals surface area contributed by atoms with E-state index in [1.807, 2.05) is 6.92 Å². The number of nitrogens with two attached hydrogens (primary N) is 1. The van der Waals surface area contributed by atoms with Crippen LogP contribution < -0.4 is 15.2 Å². The standard InChI is InChI=1S/C11H19N3O4S2/c1-2-7-13-10-5-3-4-6-11(10)20(17,18)14-8-9-19(12,15)16/h3-6,13-14H,2,7-9H2,1H3,(H2,12,15,16). The molecule has 7 nitrogen and oxygen atoms in total. The molecule has 1 aromatic carbocycles. The first-order valence-electron chi connectivity index (χ1n) is 6.09. The minimum absolute atomic E-state index is 0.0860. The van der Waals surface area contributed by atoms with Crippen molar-refractivity contribution in [2.24, 2.45) is 5.14 Å². The van der Waals surface area contributed by atoms with Crippen molar-refractivity contribution in [2.75, 3.05) is 24.2 Å². The fourth-order valence-corrected chi connectivity index (χ4v) is 3.23. The van der Waals surface area contributed by atoms with E-state index in [0.717, 1.165) is 6.42 Å². The van der Waals surface area contributed by atoms with E-state index in [9.17, 15) is 16.8 Å². The van der Waals surface area contributed by atoms with Gasteiger partial charge in [-0.1, -0.05) is 19.1 Å². The molecular weight excluding hydrogens is 302 g/mol. The van der Waals surface area contributed by atoms with Crippen molar-refractivity contribution in [2.45, 2.75) is 18.2 Å². The topological polar surface area (TPSA) is 118 Å². The predicted octanol–water partition coefficient (Wildman–Crippen LogP) is 0.0753. The first-order chi connectivity index (χ1) is 9.26. The Balaban J connectivity index is 2.86. The molecule has 0 aromatic heterocycles. The maximum absolute atomic E-state index is 12.1. The SMILES string of the molecule is CCCNc1ccccc1S(=O)(=O)NCCS(N)(=O)=O. The third kappa shape index (κ3) is 5.45. The summed E-state index contributed by atoms with van der Waals surface area (Å²) in [4.78, 5) is 0.0860. The summed E-state index contributed by atoms with van der Waals surface area (Å²) in [5, 5.41) is 7.84. The molecule has 0 fully saturated rings. The van der Waals surface area contributed by atoms with E-state index >= 15 is 0 Å². The highest BCUT2D eigenvalue weighted by atomic mass is 32.2. The molecule has 0 aliphatic carbocycles. The van der Waals surface area contributed by atoms with Crippen molar-refractivity contribution in [3.05, 3.63) is 24.3 Å². The molecule has 0 bridgehead atoms. The summed E-state index contributed by atoms with van der Waals surface area (Å²) in [7, 11) is -7.47. The van der Waals surface area contributed by atoms with E-state index in [-0.39, 0.29) is 11.4 Å². The molecule has 0 radical (unpaired) electrons. The third-order valence-corrected chi connectivity index (χ3v) is 4.71. The molecule has 0 atom stereocenters. The normalized spacial score (nSPS) is 12.3. The first-order valence-corrected chi connectivity index (χ1v) is 9.29. The molecule has 0 saturated heterocycles. The minimum atomic E-state index is -3.78. The van der Waals surface area contributed by atoms with Crippen molar-refractivity contribution in [1.29, 1.82) is 0 Å². The van der Waals surface area contributed by atoms with E-state index in [1.165, 1.54) is 6.07 Å². The molecule has 1 aromatic rings. The Morgan fingerprint density at radius 3 is 2.35 bits per heavy atom. The zero-order valence-corrected chi connectivity index (χ0v) is 12.8. The fraction of sp³-hybridized carbons (Fsp3) is 0.455. The van der Waals surface area contributed by atoms with Crippen LogP contribution in [0.5, 0.6) is 0 Å². The number of benzene rings is 1. The van der Waals surface area contributed by atoms with E-state index < -0.39 is 25.8 Å². The molecule has 0 heterocycles. The van der Waals surface area contributed by atoms with Crippen molar-refractivity contribution < 1.29 is 16.8 Å². The van der Waals surface area contributed by atoms with Gasteiger partial charge in [-0.15, -0.1) is 0 Å². The lowest BCUT2D eigenvalue weighted by Gasteiger charge is -2.12. The molecule has 0 unspecified atom stereocenters. The Morgan fingerprint density at radius 1 is 1.10 bits per heavy atom.